The van der Waals surface area contributed by atoms with Crippen LogP contribution in [0.15, 0.2) is 24.3 Å². The van der Waals surface area contributed by atoms with Crippen molar-refractivity contribution in [2.75, 3.05) is 24.3 Å². The first-order valence-corrected chi connectivity index (χ1v) is 6.38. The molecule has 0 aliphatic rings. The summed E-state index contributed by atoms with van der Waals surface area (Å²) in [6.07, 6.45) is -1.04. The summed E-state index contributed by atoms with van der Waals surface area (Å²) in [5, 5.41) is 20.5. The minimum atomic E-state index is -0.837. The lowest BCUT2D eigenvalue weighted by Crippen LogP contribution is -2.21. The van der Waals surface area contributed by atoms with Crippen LogP contribution in [0.3, 0.4) is 0 Å². The first-order chi connectivity index (χ1) is 7.57. The van der Waals surface area contributed by atoms with E-state index in [1.807, 2.05) is 43.3 Å². The maximum atomic E-state index is 10.1. The topological polar surface area (TPSA) is 43.7 Å². The number of hydrogen-bond donors (Lipinski definition) is 2. The highest BCUT2D eigenvalue weighted by molar-refractivity contribution is 9.09. The van der Waals surface area contributed by atoms with Crippen LogP contribution in [0.4, 0.5) is 5.69 Å². The fraction of sp³-hybridized carbons (Fsp3) is 0.500. The molecule has 2 N–H and O–H groups in total. The molecule has 0 spiro atoms. The van der Waals surface area contributed by atoms with Gasteiger partial charge in [-0.3, -0.25) is 0 Å². The first kappa shape index (κ1) is 13.5. The highest BCUT2D eigenvalue weighted by Crippen LogP contribution is 2.28. The number of rotatable bonds is 5. The molecule has 3 nitrogen and oxygen atoms in total. The first-order valence-electron chi connectivity index (χ1n) is 5.26. The zero-order valence-corrected chi connectivity index (χ0v) is 11.2. The van der Waals surface area contributed by atoms with Gasteiger partial charge in [-0.1, -0.05) is 34.1 Å². The third kappa shape index (κ3) is 3.20. The third-order valence-corrected chi connectivity index (χ3v) is 2.96. The van der Waals surface area contributed by atoms with Crippen molar-refractivity contribution < 1.29 is 10.2 Å². The van der Waals surface area contributed by atoms with E-state index in [1.54, 1.807) is 0 Å². The van der Waals surface area contributed by atoms with Gasteiger partial charge in [0.15, 0.2) is 0 Å². The van der Waals surface area contributed by atoms with Crippen molar-refractivity contribution in [3.05, 3.63) is 29.8 Å². The Kier molecular flexibility index (Phi) is 5.25. The molecule has 90 valence electrons. The average molecular weight is 288 g/mol. The molecule has 0 saturated carbocycles. The van der Waals surface area contributed by atoms with Crippen molar-refractivity contribution in [1.29, 1.82) is 0 Å². The molecule has 0 fully saturated rings. The van der Waals surface area contributed by atoms with Crippen molar-refractivity contribution >= 4 is 21.6 Å². The van der Waals surface area contributed by atoms with Gasteiger partial charge in [0, 0.05) is 30.7 Å². The summed E-state index contributed by atoms with van der Waals surface area (Å²) in [6.45, 7) is 0. The number of alkyl halides is 1. The molecular formula is C12H18BrNO2. The van der Waals surface area contributed by atoms with E-state index in [4.69, 9.17) is 0 Å². The summed E-state index contributed by atoms with van der Waals surface area (Å²) < 4.78 is 0. The lowest BCUT2D eigenvalue weighted by atomic mass is 10.0. The lowest BCUT2D eigenvalue weighted by molar-refractivity contribution is 0.0176. The van der Waals surface area contributed by atoms with Crippen LogP contribution in [-0.2, 0) is 0 Å². The molecule has 0 aliphatic heterocycles. The van der Waals surface area contributed by atoms with Crippen LogP contribution in [0.25, 0.3) is 0 Å². The number of aliphatic hydroxyl groups is 2. The van der Waals surface area contributed by atoms with Crippen molar-refractivity contribution in [3.8, 4) is 0 Å². The van der Waals surface area contributed by atoms with Gasteiger partial charge in [-0.25, -0.2) is 0 Å². The van der Waals surface area contributed by atoms with E-state index in [0.717, 1.165) is 11.3 Å². The smallest absolute Gasteiger partial charge is 0.107 e. The fourth-order valence-electron chi connectivity index (χ4n) is 1.62. The minimum absolute atomic E-state index is 0.531. The van der Waals surface area contributed by atoms with Crippen LogP contribution >= 0.6 is 15.9 Å². The van der Waals surface area contributed by atoms with Gasteiger partial charge in [-0.05, 0) is 12.5 Å². The number of anilines is 1. The van der Waals surface area contributed by atoms with Crippen LogP contribution in [-0.4, -0.2) is 35.7 Å². The summed E-state index contributed by atoms with van der Waals surface area (Å²) in [5.74, 6) is 0. The van der Waals surface area contributed by atoms with Gasteiger partial charge in [0.05, 0.1) is 6.10 Å². The Morgan fingerprint density at radius 2 is 1.88 bits per heavy atom. The number of benzene rings is 1. The minimum Gasteiger partial charge on any atom is -0.390 e. The van der Waals surface area contributed by atoms with Crippen molar-refractivity contribution in [1.82, 2.24) is 0 Å². The molecule has 0 heterocycles. The van der Waals surface area contributed by atoms with Gasteiger partial charge < -0.3 is 15.1 Å². The Labute approximate surface area is 105 Å². The molecule has 0 amide bonds. The molecule has 2 atom stereocenters. The van der Waals surface area contributed by atoms with Crippen LogP contribution in [0.5, 0.6) is 0 Å². The van der Waals surface area contributed by atoms with E-state index in [2.05, 4.69) is 15.9 Å². The molecule has 1 aromatic carbocycles. The standard InChI is InChI=1S/C12H18BrNO2/c1-14(2)10-6-4-3-5-9(10)12(16)11(15)7-8-13/h3-6,11-12,15-16H,7-8H2,1-2H3. The van der Waals surface area contributed by atoms with Crippen molar-refractivity contribution in [2.24, 2.45) is 0 Å². The largest absolute Gasteiger partial charge is 0.390 e. The Balaban J connectivity index is 2.93. The number of aliphatic hydroxyl groups excluding tert-OH is 2. The van der Waals surface area contributed by atoms with Crippen LogP contribution < -0.4 is 4.90 Å². The average Bonchev–Trinajstić information content (AvgIpc) is 2.28. The van der Waals surface area contributed by atoms with Gasteiger partial charge in [0.1, 0.15) is 6.10 Å². The quantitative estimate of drug-likeness (QED) is 0.814. The van der Waals surface area contributed by atoms with Crippen molar-refractivity contribution in [2.45, 2.75) is 18.6 Å². The third-order valence-electron chi connectivity index (χ3n) is 2.51. The van der Waals surface area contributed by atoms with Crippen molar-refractivity contribution in [3.63, 3.8) is 0 Å². The number of halogens is 1. The second kappa shape index (κ2) is 6.23. The highest BCUT2D eigenvalue weighted by atomic mass is 79.9. The Morgan fingerprint density at radius 3 is 2.44 bits per heavy atom. The molecule has 2 unspecified atom stereocenters. The van der Waals surface area contributed by atoms with Crippen LogP contribution in [0.1, 0.15) is 18.1 Å². The summed E-state index contributed by atoms with van der Waals surface area (Å²) >= 11 is 3.26. The molecule has 0 aromatic heterocycles. The van der Waals surface area contributed by atoms with E-state index >= 15 is 0 Å². The van der Waals surface area contributed by atoms with E-state index in [1.165, 1.54) is 0 Å². The summed E-state index contributed by atoms with van der Waals surface area (Å²) in [6, 6.07) is 7.56. The highest BCUT2D eigenvalue weighted by Gasteiger charge is 2.20. The lowest BCUT2D eigenvalue weighted by Gasteiger charge is -2.23. The zero-order valence-electron chi connectivity index (χ0n) is 9.60. The molecule has 1 aromatic rings. The van der Waals surface area contributed by atoms with Crippen LogP contribution in [0.2, 0.25) is 0 Å². The van der Waals surface area contributed by atoms with Gasteiger partial charge >= 0.3 is 0 Å². The fourth-order valence-corrected chi connectivity index (χ4v) is 2.09. The predicted octanol–water partition coefficient (Wildman–Crippen LogP) is 1.93. The second-order valence-corrected chi connectivity index (χ2v) is 4.74. The predicted molar refractivity (Wildman–Crippen MR) is 70.1 cm³/mol. The molecule has 1 rings (SSSR count). The SMILES string of the molecule is CN(C)c1ccccc1C(O)C(O)CCBr. The van der Waals surface area contributed by atoms with Gasteiger partial charge in [-0.15, -0.1) is 0 Å². The summed E-state index contributed by atoms with van der Waals surface area (Å²) in [4.78, 5) is 1.93. The van der Waals surface area contributed by atoms with E-state index in [-0.39, 0.29) is 0 Å². The second-order valence-electron chi connectivity index (χ2n) is 3.94. The maximum Gasteiger partial charge on any atom is 0.107 e. The molecule has 16 heavy (non-hydrogen) atoms. The monoisotopic (exact) mass is 287 g/mol. The zero-order chi connectivity index (χ0) is 12.1. The molecule has 0 aliphatic carbocycles. The van der Waals surface area contributed by atoms with E-state index < -0.39 is 12.2 Å². The van der Waals surface area contributed by atoms with E-state index in [0.29, 0.717) is 11.8 Å². The van der Waals surface area contributed by atoms with Gasteiger partial charge in [-0.2, -0.15) is 0 Å². The molecule has 0 radical (unpaired) electrons. The molecule has 0 bridgehead atoms. The number of para-hydroxylation sites is 1. The van der Waals surface area contributed by atoms with Crippen LogP contribution in [0, 0.1) is 0 Å². The Bertz CT molecular complexity index is 331. The molecule has 0 saturated heterocycles. The summed E-state index contributed by atoms with van der Waals surface area (Å²) in [5.41, 5.74) is 1.70. The molecular weight excluding hydrogens is 270 g/mol. The normalized spacial score (nSPS) is 14.6. The van der Waals surface area contributed by atoms with Gasteiger partial charge in [0.2, 0.25) is 0 Å². The molecule has 4 heteroatoms. The summed E-state index contributed by atoms with van der Waals surface area (Å²) in [7, 11) is 3.84. The van der Waals surface area contributed by atoms with Gasteiger partial charge in [0.25, 0.3) is 0 Å². The Morgan fingerprint density at radius 1 is 1.25 bits per heavy atom. The number of hydrogen-bond acceptors (Lipinski definition) is 3. The maximum absolute atomic E-state index is 10.1. The Hall–Kier alpha value is -0.580. The number of nitrogens with zero attached hydrogens (tertiary/aromatic N) is 1. The van der Waals surface area contributed by atoms with E-state index in [9.17, 15) is 10.2 Å².